The standard InChI is InChI=1S/C24H22N4O8/c1-34-19-12-16(13-20(35-2)21(19)36-3)24(31)27-26-23(30)15-4-8-17(9-5-15)25-22(29)14-6-10-18(11-7-14)28(32)33/h4-13H,1-3H3,(H,25,29)(H,26,30)(H,27,31). The van der Waals surface area contributed by atoms with E-state index in [1.165, 1.54) is 82.0 Å². The van der Waals surface area contributed by atoms with Gasteiger partial charge in [-0.1, -0.05) is 0 Å². The Labute approximate surface area is 205 Å². The van der Waals surface area contributed by atoms with E-state index >= 15 is 0 Å². The Bertz CT molecular complexity index is 1270. The van der Waals surface area contributed by atoms with Gasteiger partial charge in [0.15, 0.2) is 11.5 Å². The molecule has 0 aromatic heterocycles. The molecule has 0 bridgehead atoms. The fourth-order valence-corrected chi connectivity index (χ4v) is 3.11. The molecule has 12 nitrogen and oxygen atoms in total. The molecule has 3 rings (SSSR count). The molecule has 0 unspecified atom stereocenters. The van der Waals surface area contributed by atoms with Gasteiger partial charge in [0.25, 0.3) is 23.4 Å². The van der Waals surface area contributed by atoms with Crippen molar-refractivity contribution in [1.29, 1.82) is 0 Å². The number of carbonyl (C=O) groups excluding carboxylic acids is 3. The van der Waals surface area contributed by atoms with Crippen LogP contribution >= 0.6 is 0 Å². The highest BCUT2D eigenvalue weighted by Crippen LogP contribution is 2.38. The second-order valence-corrected chi connectivity index (χ2v) is 7.16. The summed E-state index contributed by atoms with van der Waals surface area (Å²) in [6.07, 6.45) is 0. The monoisotopic (exact) mass is 494 g/mol. The minimum Gasteiger partial charge on any atom is -0.493 e. The Hall–Kier alpha value is -5.13. The normalized spacial score (nSPS) is 10.1. The molecule has 36 heavy (non-hydrogen) atoms. The van der Waals surface area contributed by atoms with Crippen LogP contribution in [0.15, 0.2) is 60.7 Å². The number of hydrogen-bond acceptors (Lipinski definition) is 8. The first kappa shape index (κ1) is 25.5. The van der Waals surface area contributed by atoms with Crippen molar-refractivity contribution in [2.75, 3.05) is 26.6 Å². The van der Waals surface area contributed by atoms with E-state index in [1.807, 2.05) is 0 Å². The first-order valence-corrected chi connectivity index (χ1v) is 10.3. The quantitative estimate of drug-likeness (QED) is 0.318. The molecular formula is C24H22N4O8. The Morgan fingerprint density at radius 2 is 1.17 bits per heavy atom. The van der Waals surface area contributed by atoms with Crippen LogP contribution in [-0.2, 0) is 0 Å². The number of anilines is 1. The number of hydrazine groups is 1. The van der Waals surface area contributed by atoms with E-state index < -0.39 is 22.6 Å². The average Bonchev–Trinajstić information content (AvgIpc) is 2.90. The number of nitrogens with one attached hydrogen (secondary N) is 3. The van der Waals surface area contributed by atoms with Crippen LogP contribution in [0, 0.1) is 10.1 Å². The van der Waals surface area contributed by atoms with Crippen molar-refractivity contribution in [1.82, 2.24) is 10.9 Å². The largest absolute Gasteiger partial charge is 0.493 e. The van der Waals surface area contributed by atoms with E-state index in [0.717, 1.165) is 0 Å². The Morgan fingerprint density at radius 3 is 1.64 bits per heavy atom. The second-order valence-electron chi connectivity index (χ2n) is 7.16. The van der Waals surface area contributed by atoms with Gasteiger partial charge in [0, 0.05) is 34.5 Å². The number of hydrogen-bond donors (Lipinski definition) is 3. The van der Waals surface area contributed by atoms with Gasteiger partial charge in [0.1, 0.15) is 0 Å². The van der Waals surface area contributed by atoms with Crippen molar-refractivity contribution in [3.63, 3.8) is 0 Å². The van der Waals surface area contributed by atoms with E-state index in [9.17, 15) is 24.5 Å². The molecule has 0 aliphatic heterocycles. The molecular weight excluding hydrogens is 472 g/mol. The summed E-state index contributed by atoms with van der Waals surface area (Å²) in [5.74, 6) is -0.806. The summed E-state index contributed by atoms with van der Waals surface area (Å²) in [4.78, 5) is 47.4. The summed E-state index contributed by atoms with van der Waals surface area (Å²) in [5.41, 5.74) is 5.50. The van der Waals surface area contributed by atoms with Crippen LogP contribution < -0.4 is 30.4 Å². The van der Waals surface area contributed by atoms with Gasteiger partial charge in [-0.2, -0.15) is 0 Å². The van der Waals surface area contributed by atoms with E-state index in [1.54, 1.807) is 0 Å². The number of ether oxygens (including phenoxy) is 3. The number of amides is 3. The smallest absolute Gasteiger partial charge is 0.269 e. The number of rotatable bonds is 8. The number of non-ortho nitro benzene ring substituents is 1. The van der Waals surface area contributed by atoms with Crippen LogP contribution in [0.5, 0.6) is 17.2 Å². The Balaban J connectivity index is 1.60. The molecule has 12 heteroatoms. The first-order valence-electron chi connectivity index (χ1n) is 10.3. The van der Waals surface area contributed by atoms with Crippen LogP contribution in [0.2, 0.25) is 0 Å². The van der Waals surface area contributed by atoms with Gasteiger partial charge in [0.2, 0.25) is 5.75 Å². The number of methoxy groups -OCH3 is 3. The molecule has 0 radical (unpaired) electrons. The predicted molar refractivity (Wildman–Crippen MR) is 129 cm³/mol. The summed E-state index contributed by atoms with van der Waals surface area (Å²) in [7, 11) is 4.27. The molecule has 0 saturated heterocycles. The van der Waals surface area contributed by atoms with Gasteiger partial charge >= 0.3 is 0 Å². The lowest BCUT2D eigenvalue weighted by Crippen LogP contribution is -2.41. The molecule has 3 aromatic rings. The molecule has 0 saturated carbocycles. The number of benzene rings is 3. The highest BCUT2D eigenvalue weighted by molar-refractivity contribution is 6.05. The zero-order valence-electron chi connectivity index (χ0n) is 19.5. The number of nitro benzene ring substituents is 1. The maximum Gasteiger partial charge on any atom is 0.269 e. The number of carbonyl (C=O) groups is 3. The average molecular weight is 494 g/mol. The molecule has 0 fully saturated rings. The van der Waals surface area contributed by atoms with Crippen LogP contribution in [0.4, 0.5) is 11.4 Å². The molecule has 3 amide bonds. The highest BCUT2D eigenvalue weighted by atomic mass is 16.6. The molecule has 0 atom stereocenters. The minimum atomic E-state index is -0.616. The fraction of sp³-hybridized carbons (Fsp3) is 0.125. The molecule has 3 N–H and O–H groups in total. The number of nitro groups is 1. The third kappa shape index (κ3) is 5.86. The summed E-state index contributed by atoms with van der Waals surface area (Å²) >= 11 is 0. The molecule has 0 heterocycles. The van der Waals surface area contributed by atoms with Gasteiger partial charge in [-0.05, 0) is 48.5 Å². The summed E-state index contributed by atoms with van der Waals surface area (Å²) in [6, 6.07) is 13.9. The van der Waals surface area contributed by atoms with E-state index in [4.69, 9.17) is 14.2 Å². The molecule has 0 aliphatic carbocycles. The topological polar surface area (TPSA) is 158 Å². The van der Waals surface area contributed by atoms with Crippen LogP contribution in [0.3, 0.4) is 0 Å². The zero-order valence-corrected chi connectivity index (χ0v) is 19.5. The maximum absolute atomic E-state index is 12.5. The zero-order chi connectivity index (χ0) is 26.2. The van der Waals surface area contributed by atoms with Gasteiger partial charge in [-0.3, -0.25) is 35.3 Å². The van der Waals surface area contributed by atoms with Crippen LogP contribution in [-0.4, -0.2) is 44.0 Å². The van der Waals surface area contributed by atoms with Crippen molar-refractivity contribution in [3.8, 4) is 17.2 Å². The van der Waals surface area contributed by atoms with E-state index in [-0.39, 0.29) is 33.9 Å². The van der Waals surface area contributed by atoms with Crippen molar-refractivity contribution < 1.29 is 33.5 Å². The summed E-state index contributed by atoms with van der Waals surface area (Å²) in [6.45, 7) is 0. The SMILES string of the molecule is COc1cc(C(=O)NNC(=O)c2ccc(NC(=O)c3ccc([N+](=O)[O-])cc3)cc2)cc(OC)c1OC. The van der Waals surface area contributed by atoms with E-state index in [0.29, 0.717) is 11.4 Å². The lowest BCUT2D eigenvalue weighted by molar-refractivity contribution is -0.384. The predicted octanol–water partition coefficient (Wildman–Crippen LogP) is 2.95. The van der Waals surface area contributed by atoms with Gasteiger partial charge in [0.05, 0.1) is 26.3 Å². The molecule has 0 spiro atoms. The van der Waals surface area contributed by atoms with E-state index in [2.05, 4.69) is 16.2 Å². The second kappa shape index (κ2) is 11.3. The number of nitrogens with zero attached hydrogens (tertiary/aromatic N) is 1. The summed E-state index contributed by atoms with van der Waals surface area (Å²) in [5, 5.41) is 13.4. The lowest BCUT2D eigenvalue weighted by Gasteiger charge is -2.14. The fourth-order valence-electron chi connectivity index (χ4n) is 3.11. The van der Waals surface area contributed by atoms with Gasteiger partial charge in [-0.25, -0.2) is 0 Å². The summed E-state index contributed by atoms with van der Waals surface area (Å²) < 4.78 is 15.7. The van der Waals surface area contributed by atoms with Crippen molar-refractivity contribution >= 4 is 29.1 Å². The van der Waals surface area contributed by atoms with Crippen molar-refractivity contribution in [3.05, 3.63) is 87.5 Å². The van der Waals surface area contributed by atoms with Gasteiger partial charge in [-0.15, -0.1) is 0 Å². The van der Waals surface area contributed by atoms with Gasteiger partial charge < -0.3 is 19.5 Å². The van der Waals surface area contributed by atoms with Crippen LogP contribution in [0.1, 0.15) is 31.1 Å². The van der Waals surface area contributed by atoms with Crippen LogP contribution in [0.25, 0.3) is 0 Å². The molecule has 0 aliphatic rings. The van der Waals surface area contributed by atoms with Crippen molar-refractivity contribution in [2.24, 2.45) is 0 Å². The lowest BCUT2D eigenvalue weighted by atomic mass is 10.1. The molecule has 3 aromatic carbocycles. The Morgan fingerprint density at radius 1 is 0.694 bits per heavy atom. The molecule has 186 valence electrons. The maximum atomic E-state index is 12.5. The Kier molecular flexibility index (Phi) is 8.02. The third-order valence-corrected chi connectivity index (χ3v) is 4.96. The van der Waals surface area contributed by atoms with Crippen molar-refractivity contribution in [2.45, 2.75) is 0 Å². The highest BCUT2D eigenvalue weighted by Gasteiger charge is 2.18. The third-order valence-electron chi connectivity index (χ3n) is 4.96. The first-order chi connectivity index (χ1) is 17.3. The minimum absolute atomic E-state index is 0.126.